The van der Waals surface area contributed by atoms with Crippen molar-refractivity contribution < 1.29 is 23.8 Å². The number of aromatic nitrogens is 2. The summed E-state index contributed by atoms with van der Waals surface area (Å²) >= 11 is 14.2. The second-order valence-electron chi connectivity index (χ2n) is 9.13. The highest BCUT2D eigenvalue weighted by molar-refractivity contribution is 7.18. The standard InChI is InChI=1S/C28H28Cl2N6O5S/c1-4-41-28(38)36-11-9-35(10-12-36)17-7-5-16(6-8-17)33-26-25-23(31-15-32-26)18(14-42-25)27(37)34-24-21(29)19(39-2)13-20(40-3)22(24)30/h5-8,13-15H,4,9-12H2,1-3H3,(H,34,37)(H,31,32,33). The van der Waals surface area contributed by atoms with Gasteiger partial charge in [0, 0.05) is 49.0 Å². The number of carbonyl (C=O) groups excluding carboxylic acids is 2. The number of amides is 2. The smallest absolute Gasteiger partial charge is 0.409 e. The van der Waals surface area contributed by atoms with E-state index in [4.69, 9.17) is 37.4 Å². The van der Waals surface area contributed by atoms with Crippen molar-refractivity contribution >= 4 is 79.6 Å². The Labute approximate surface area is 256 Å². The molecule has 0 atom stereocenters. The van der Waals surface area contributed by atoms with Gasteiger partial charge >= 0.3 is 6.09 Å². The summed E-state index contributed by atoms with van der Waals surface area (Å²) in [7, 11) is 2.92. The van der Waals surface area contributed by atoms with Crippen LogP contribution in [0.3, 0.4) is 0 Å². The van der Waals surface area contributed by atoms with E-state index in [9.17, 15) is 9.59 Å². The van der Waals surface area contributed by atoms with Gasteiger partial charge < -0.3 is 34.6 Å². The van der Waals surface area contributed by atoms with Crippen LogP contribution in [0.2, 0.25) is 10.0 Å². The third kappa shape index (κ3) is 5.96. The average Bonchev–Trinajstić information content (AvgIpc) is 3.45. The second kappa shape index (κ2) is 12.9. The van der Waals surface area contributed by atoms with E-state index in [1.54, 1.807) is 23.3 Å². The molecule has 1 aliphatic heterocycles. The van der Waals surface area contributed by atoms with Gasteiger partial charge in [-0.1, -0.05) is 23.2 Å². The van der Waals surface area contributed by atoms with E-state index in [1.807, 2.05) is 24.3 Å². The third-order valence-electron chi connectivity index (χ3n) is 6.71. The maximum Gasteiger partial charge on any atom is 0.409 e. The van der Waals surface area contributed by atoms with Gasteiger partial charge in [-0.05, 0) is 31.2 Å². The summed E-state index contributed by atoms with van der Waals surface area (Å²) in [6, 6.07) is 9.50. The molecule has 2 amide bonds. The van der Waals surface area contributed by atoms with E-state index in [0.29, 0.717) is 52.8 Å². The number of ether oxygens (including phenoxy) is 3. The average molecular weight is 632 g/mol. The molecule has 1 fully saturated rings. The lowest BCUT2D eigenvalue weighted by molar-refractivity contribution is 0.102. The minimum atomic E-state index is -0.447. The molecule has 220 valence electrons. The van der Waals surface area contributed by atoms with Crippen LogP contribution in [0.4, 0.5) is 27.7 Å². The molecule has 0 radical (unpaired) electrons. The zero-order valence-electron chi connectivity index (χ0n) is 23.1. The molecule has 0 aliphatic carbocycles. The van der Waals surface area contributed by atoms with E-state index in [1.165, 1.54) is 31.9 Å². The molecule has 1 saturated heterocycles. The topological polar surface area (TPSA) is 118 Å². The van der Waals surface area contributed by atoms with Crippen molar-refractivity contribution in [2.75, 3.05) is 62.5 Å². The fraction of sp³-hybridized carbons (Fsp3) is 0.286. The first kappa shape index (κ1) is 29.5. The highest BCUT2D eigenvalue weighted by atomic mass is 35.5. The number of carbonyl (C=O) groups is 2. The van der Waals surface area contributed by atoms with Gasteiger partial charge in [-0.25, -0.2) is 14.8 Å². The van der Waals surface area contributed by atoms with E-state index in [2.05, 4.69) is 25.5 Å². The molecule has 0 spiro atoms. The Hall–Kier alpha value is -4.00. The number of nitrogens with one attached hydrogen (secondary N) is 2. The molecule has 0 unspecified atom stereocenters. The number of hydrogen-bond acceptors (Lipinski definition) is 10. The van der Waals surface area contributed by atoms with Crippen LogP contribution in [-0.2, 0) is 4.74 Å². The number of fused-ring (bicyclic) bond motifs is 1. The van der Waals surface area contributed by atoms with Gasteiger partial charge in [-0.2, -0.15) is 0 Å². The van der Waals surface area contributed by atoms with Gasteiger partial charge in [0.25, 0.3) is 5.91 Å². The summed E-state index contributed by atoms with van der Waals surface area (Å²) in [6.07, 6.45) is 1.13. The van der Waals surface area contributed by atoms with Crippen molar-refractivity contribution in [1.29, 1.82) is 0 Å². The van der Waals surface area contributed by atoms with Gasteiger partial charge in [0.15, 0.2) is 5.82 Å². The zero-order chi connectivity index (χ0) is 29.8. The number of piperazine rings is 1. The Kier molecular flexibility index (Phi) is 9.05. The summed E-state index contributed by atoms with van der Waals surface area (Å²) in [5.41, 5.74) is 2.87. The zero-order valence-corrected chi connectivity index (χ0v) is 25.4. The third-order valence-corrected chi connectivity index (χ3v) is 8.44. The number of methoxy groups -OCH3 is 2. The highest BCUT2D eigenvalue weighted by Crippen LogP contribution is 2.44. The summed E-state index contributed by atoms with van der Waals surface area (Å²) in [5, 5.41) is 8.11. The molecule has 42 heavy (non-hydrogen) atoms. The molecule has 0 saturated carbocycles. The molecule has 14 heteroatoms. The molecular formula is C28H28Cl2N6O5S. The Bertz CT molecular complexity index is 1580. The second-order valence-corrected chi connectivity index (χ2v) is 10.8. The van der Waals surface area contributed by atoms with Crippen LogP contribution < -0.4 is 25.0 Å². The Morgan fingerprint density at radius 3 is 2.29 bits per heavy atom. The molecule has 1 aliphatic rings. The normalized spacial score (nSPS) is 13.2. The van der Waals surface area contributed by atoms with Crippen molar-refractivity contribution in [3.63, 3.8) is 0 Å². The van der Waals surface area contributed by atoms with Gasteiger partial charge in [-0.3, -0.25) is 4.79 Å². The molecule has 2 aromatic heterocycles. The van der Waals surface area contributed by atoms with Crippen molar-refractivity contribution in [1.82, 2.24) is 14.9 Å². The van der Waals surface area contributed by atoms with E-state index >= 15 is 0 Å². The van der Waals surface area contributed by atoms with Gasteiger partial charge in [0.1, 0.15) is 27.9 Å². The van der Waals surface area contributed by atoms with Gasteiger partial charge in [-0.15, -0.1) is 11.3 Å². The monoisotopic (exact) mass is 630 g/mol. The predicted octanol–water partition coefficient (Wildman–Crippen LogP) is 6.29. The molecule has 2 N–H and O–H groups in total. The van der Waals surface area contributed by atoms with Crippen molar-refractivity contribution in [2.24, 2.45) is 0 Å². The first-order chi connectivity index (χ1) is 20.3. The molecule has 5 rings (SSSR count). The Morgan fingerprint density at radius 1 is 1.00 bits per heavy atom. The van der Waals surface area contributed by atoms with Crippen LogP contribution in [0.1, 0.15) is 17.3 Å². The maximum atomic E-state index is 13.3. The first-order valence-corrected chi connectivity index (χ1v) is 14.6. The molecule has 2 aromatic carbocycles. The van der Waals surface area contributed by atoms with Crippen molar-refractivity contribution in [3.05, 3.63) is 57.6 Å². The minimum absolute atomic E-state index is 0.150. The number of nitrogens with zero attached hydrogens (tertiary/aromatic N) is 4. The quantitative estimate of drug-likeness (QED) is 0.231. The Balaban J connectivity index is 1.30. The van der Waals surface area contributed by atoms with Gasteiger partial charge in [0.05, 0.1) is 42.3 Å². The molecule has 3 heterocycles. The van der Waals surface area contributed by atoms with Crippen LogP contribution in [0.5, 0.6) is 11.5 Å². The SMILES string of the molecule is CCOC(=O)N1CCN(c2ccc(Nc3ncnc4c(C(=O)Nc5c(Cl)c(OC)cc(OC)c5Cl)csc34)cc2)CC1. The van der Waals surface area contributed by atoms with Crippen LogP contribution in [-0.4, -0.2) is 73.9 Å². The molecule has 11 nitrogen and oxygen atoms in total. The number of thiophene rings is 1. The van der Waals surface area contributed by atoms with E-state index in [-0.39, 0.29) is 21.8 Å². The number of hydrogen-bond donors (Lipinski definition) is 2. The fourth-order valence-electron chi connectivity index (χ4n) is 4.53. The van der Waals surface area contributed by atoms with Crippen LogP contribution in [0.15, 0.2) is 42.0 Å². The molecule has 0 bridgehead atoms. The van der Waals surface area contributed by atoms with E-state index < -0.39 is 5.91 Å². The highest BCUT2D eigenvalue weighted by Gasteiger charge is 2.24. The van der Waals surface area contributed by atoms with E-state index in [0.717, 1.165) is 24.5 Å². The van der Waals surface area contributed by atoms with Crippen LogP contribution >= 0.6 is 34.5 Å². The largest absolute Gasteiger partial charge is 0.495 e. The summed E-state index contributed by atoms with van der Waals surface area (Å²) in [5.74, 6) is 0.737. The van der Waals surface area contributed by atoms with Gasteiger partial charge in [0.2, 0.25) is 0 Å². The summed E-state index contributed by atoms with van der Waals surface area (Å²) in [6.45, 7) is 4.83. The Morgan fingerprint density at radius 2 is 1.67 bits per heavy atom. The lowest BCUT2D eigenvalue weighted by Crippen LogP contribution is -2.49. The maximum absolute atomic E-state index is 13.3. The number of rotatable bonds is 8. The fourth-order valence-corrected chi connectivity index (χ4v) is 6.07. The first-order valence-electron chi connectivity index (χ1n) is 13.0. The summed E-state index contributed by atoms with van der Waals surface area (Å²) < 4.78 is 16.4. The lowest BCUT2D eigenvalue weighted by Gasteiger charge is -2.35. The minimum Gasteiger partial charge on any atom is -0.495 e. The number of benzene rings is 2. The molecular weight excluding hydrogens is 603 g/mol. The number of anilines is 4. The van der Waals surface area contributed by atoms with Crippen molar-refractivity contribution in [2.45, 2.75) is 6.92 Å². The van der Waals surface area contributed by atoms with Crippen LogP contribution in [0.25, 0.3) is 10.2 Å². The predicted molar refractivity (Wildman–Crippen MR) is 165 cm³/mol. The van der Waals surface area contributed by atoms with Crippen LogP contribution in [0, 0.1) is 0 Å². The summed E-state index contributed by atoms with van der Waals surface area (Å²) in [4.78, 5) is 38.0. The molecule has 4 aromatic rings. The lowest BCUT2D eigenvalue weighted by atomic mass is 10.2. The number of halogens is 2. The van der Waals surface area contributed by atoms with Crippen molar-refractivity contribution in [3.8, 4) is 11.5 Å².